The van der Waals surface area contributed by atoms with Crippen LogP contribution in [0.3, 0.4) is 0 Å². The van der Waals surface area contributed by atoms with Crippen molar-refractivity contribution in [3.63, 3.8) is 0 Å². The highest BCUT2D eigenvalue weighted by atomic mass is 16.5. The molecule has 0 amide bonds. The number of nitrogens with zero attached hydrogens (tertiary/aromatic N) is 1. The molecule has 0 aromatic heterocycles. The highest BCUT2D eigenvalue weighted by Gasteiger charge is 2.42. The predicted octanol–water partition coefficient (Wildman–Crippen LogP) is 4.33. The quantitative estimate of drug-likeness (QED) is 0.850. The molecule has 0 fully saturated rings. The van der Waals surface area contributed by atoms with E-state index in [4.69, 9.17) is 4.74 Å². The third kappa shape index (κ3) is 2.74. The Bertz CT molecular complexity index is 770. The van der Waals surface area contributed by atoms with Gasteiger partial charge in [0, 0.05) is 29.6 Å². The number of allylic oxidation sites excluding steroid dienone is 1. The van der Waals surface area contributed by atoms with Crippen molar-refractivity contribution in [2.45, 2.75) is 19.3 Å². The van der Waals surface area contributed by atoms with Gasteiger partial charge in [0.2, 0.25) is 5.69 Å². The van der Waals surface area contributed by atoms with E-state index in [1.54, 1.807) is 7.11 Å². The van der Waals surface area contributed by atoms with E-state index in [0.29, 0.717) is 0 Å². The number of para-hydroxylation sites is 1. The van der Waals surface area contributed by atoms with Crippen LogP contribution >= 0.6 is 0 Å². The van der Waals surface area contributed by atoms with Crippen molar-refractivity contribution in [3.8, 4) is 5.75 Å². The van der Waals surface area contributed by atoms with Gasteiger partial charge in [0.15, 0.2) is 5.71 Å². The van der Waals surface area contributed by atoms with Gasteiger partial charge in [-0.2, -0.15) is 4.58 Å². The first-order valence-corrected chi connectivity index (χ1v) is 7.82. The molecule has 118 valence electrons. The average molecular weight is 307 g/mol. The van der Waals surface area contributed by atoms with Crippen molar-refractivity contribution in [1.82, 2.24) is 0 Å². The average Bonchev–Trinajstić information content (AvgIpc) is 2.76. The van der Waals surface area contributed by atoms with Gasteiger partial charge in [-0.05, 0) is 38.1 Å². The Hall–Kier alpha value is -2.55. The summed E-state index contributed by atoms with van der Waals surface area (Å²) in [5, 5.41) is 3.32. The summed E-state index contributed by atoms with van der Waals surface area (Å²) in [6.45, 7) is 4.53. The van der Waals surface area contributed by atoms with Gasteiger partial charge in [-0.3, -0.25) is 0 Å². The van der Waals surface area contributed by atoms with Crippen LogP contribution in [0.5, 0.6) is 5.75 Å². The largest absolute Gasteiger partial charge is 0.497 e. The lowest BCUT2D eigenvalue weighted by Crippen LogP contribution is -2.26. The van der Waals surface area contributed by atoms with Gasteiger partial charge >= 0.3 is 0 Å². The van der Waals surface area contributed by atoms with Gasteiger partial charge in [0.1, 0.15) is 12.8 Å². The lowest BCUT2D eigenvalue weighted by molar-refractivity contribution is -0.401. The zero-order valence-corrected chi connectivity index (χ0v) is 14.1. The molecule has 2 aromatic rings. The molecule has 0 bridgehead atoms. The van der Waals surface area contributed by atoms with Crippen LogP contribution in [0.2, 0.25) is 0 Å². The normalized spacial score (nSPS) is 15.8. The van der Waals surface area contributed by atoms with E-state index in [-0.39, 0.29) is 5.41 Å². The maximum Gasteiger partial charge on any atom is 0.209 e. The molecular weight excluding hydrogens is 284 g/mol. The molecule has 0 saturated heterocycles. The molecular formula is C20H23N2O+. The summed E-state index contributed by atoms with van der Waals surface area (Å²) < 4.78 is 7.44. The number of hydrogen-bond acceptors (Lipinski definition) is 2. The first kappa shape index (κ1) is 15.3. The highest BCUT2D eigenvalue weighted by molar-refractivity contribution is 6.03. The van der Waals surface area contributed by atoms with Crippen LogP contribution in [0.25, 0.3) is 0 Å². The molecule has 0 radical (unpaired) electrons. The maximum absolute atomic E-state index is 5.18. The van der Waals surface area contributed by atoms with Gasteiger partial charge in [0.25, 0.3) is 0 Å². The van der Waals surface area contributed by atoms with Crippen LogP contribution in [0, 0.1) is 0 Å². The third-order valence-electron chi connectivity index (χ3n) is 4.52. The van der Waals surface area contributed by atoms with Crippen LogP contribution in [-0.2, 0) is 5.41 Å². The molecule has 3 heteroatoms. The minimum atomic E-state index is 0.00340. The lowest BCUT2D eigenvalue weighted by Gasteiger charge is -2.15. The van der Waals surface area contributed by atoms with Gasteiger partial charge in [-0.15, -0.1) is 0 Å². The molecule has 0 atom stereocenters. The molecule has 1 heterocycles. The van der Waals surface area contributed by atoms with Crippen molar-refractivity contribution >= 4 is 17.1 Å². The second kappa shape index (κ2) is 5.92. The number of ether oxygens (including phenoxy) is 1. The van der Waals surface area contributed by atoms with Crippen LogP contribution in [0.4, 0.5) is 11.4 Å². The fourth-order valence-electron chi connectivity index (χ4n) is 3.21. The minimum absolute atomic E-state index is 0.00340. The van der Waals surface area contributed by atoms with Crippen molar-refractivity contribution in [3.05, 3.63) is 66.4 Å². The van der Waals surface area contributed by atoms with Crippen LogP contribution < -0.4 is 10.1 Å². The van der Waals surface area contributed by atoms with Crippen molar-refractivity contribution < 1.29 is 9.31 Å². The summed E-state index contributed by atoms with van der Waals surface area (Å²) in [7, 11) is 3.80. The molecule has 1 N–H and O–H groups in total. The third-order valence-corrected chi connectivity index (χ3v) is 4.52. The summed E-state index contributed by atoms with van der Waals surface area (Å²) in [4.78, 5) is 0. The smallest absolute Gasteiger partial charge is 0.209 e. The van der Waals surface area contributed by atoms with Crippen LogP contribution in [-0.4, -0.2) is 24.4 Å². The Morgan fingerprint density at radius 2 is 1.74 bits per heavy atom. The molecule has 0 spiro atoms. The van der Waals surface area contributed by atoms with Crippen molar-refractivity contribution in [2.24, 2.45) is 0 Å². The first-order valence-electron chi connectivity index (χ1n) is 7.82. The second-order valence-electron chi connectivity index (χ2n) is 6.29. The Morgan fingerprint density at radius 3 is 2.39 bits per heavy atom. The molecule has 3 nitrogen and oxygen atoms in total. The summed E-state index contributed by atoms with van der Waals surface area (Å²) in [5.74, 6) is 0.862. The fraction of sp³-hybridized carbons (Fsp3) is 0.250. The van der Waals surface area contributed by atoms with Crippen molar-refractivity contribution in [2.75, 3.05) is 19.5 Å². The second-order valence-corrected chi connectivity index (χ2v) is 6.29. The zero-order valence-electron chi connectivity index (χ0n) is 14.1. The molecule has 0 aliphatic carbocycles. The molecule has 3 rings (SSSR count). The summed E-state index contributed by atoms with van der Waals surface area (Å²) in [5.41, 5.74) is 4.97. The predicted molar refractivity (Wildman–Crippen MR) is 96.1 cm³/mol. The fourth-order valence-corrected chi connectivity index (χ4v) is 3.21. The number of hydrogen-bond donors (Lipinski definition) is 1. The molecule has 23 heavy (non-hydrogen) atoms. The van der Waals surface area contributed by atoms with E-state index in [1.165, 1.54) is 17.0 Å². The summed E-state index contributed by atoms with van der Waals surface area (Å²) >= 11 is 0. The topological polar surface area (TPSA) is 24.3 Å². The molecule has 1 aliphatic rings. The Kier molecular flexibility index (Phi) is 3.95. The van der Waals surface area contributed by atoms with E-state index < -0.39 is 0 Å². The molecule has 0 unspecified atom stereocenters. The van der Waals surface area contributed by atoms with Crippen LogP contribution in [0.1, 0.15) is 19.4 Å². The number of fused-ring (bicyclic) bond motifs is 1. The van der Waals surface area contributed by atoms with E-state index in [1.807, 2.05) is 30.5 Å². The number of benzene rings is 2. The summed E-state index contributed by atoms with van der Waals surface area (Å²) in [6.07, 6.45) is 4.16. The SMILES string of the molecule is COc1ccc(NC=CC2=[N+](C)c3ccccc3C2(C)C)cc1. The minimum Gasteiger partial charge on any atom is -0.497 e. The summed E-state index contributed by atoms with van der Waals surface area (Å²) in [6, 6.07) is 16.5. The Balaban J connectivity index is 1.81. The van der Waals surface area contributed by atoms with Gasteiger partial charge in [0.05, 0.1) is 12.5 Å². The Labute approximate surface area is 137 Å². The zero-order chi connectivity index (χ0) is 16.4. The number of anilines is 1. The number of nitrogens with one attached hydrogen (secondary N) is 1. The maximum atomic E-state index is 5.18. The van der Waals surface area contributed by atoms with Gasteiger partial charge in [-0.1, -0.05) is 18.2 Å². The molecule has 1 aliphatic heterocycles. The van der Waals surface area contributed by atoms with E-state index in [9.17, 15) is 0 Å². The van der Waals surface area contributed by atoms with E-state index >= 15 is 0 Å². The molecule has 0 saturated carbocycles. The first-order chi connectivity index (χ1) is 11.0. The number of rotatable bonds is 4. The van der Waals surface area contributed by atoms with Gasteiger partial charge in [-0.25, -0.2) is 0 Å². The van der Waals surface area contributed by atoms with E-state index in [0.717, 1.165) is 11.4 Å². The Morgan fingerprint density at radius 1 is 1.04 bits per heavy atom. The lowest BCUT2D eigenvalue weighted by atomic mass is 9.81. The van der Waals surface area contributed by atoms with Crippen molar-refractivity contribution in [1.29, 1.82) is 0 Å². The standard InChI is InChI=1S/C20H22N2O/c1-20(2)17-7-5-6-8-18(17)22(3)19(20)13-14-21-15-9-11-16(23-4)12-10-15/h5-14H,1-4H3/p+1. The highest BCUT2D eigenvalue weighted by Crippen LogP contribution is 2.38. The number of methoxy groups -OCH3 is 1. The van der Waals surface area contributed by atoms with Crippen LogP contribution in [0.15, 0.2) is 60.8 Å². The molecule has 2 aromatic carbocycles. The van der Waals surface area contributed by atoms with Gasteiger partial charge < -0.3 is 10.1 Å². The van der Waals surface area contributed by atoms with E-state index in [2.05, 4.69) is 61.1 Å². The monoisotopic (exact) mass is 307 g/mol.